The molecule has 16 heteroatoms. The van der Waals surface area contributed by atoms with Gasteiger partial charge in [-0.25, -0.2) is 21.9 Å². The van der Waals surface area contributed by atoms with Crippen LogP contribution in [0.2, 0.25) is 0 Å². The minimum Gasteiger partial charge on any atom is -0.421 e. The van der Waals surface area contributed by atoms with E-state index in [0.29, 0.717) is 46.8 Å². The first kappa shape index (κ1) is 27.8. The number of aryl methyl sites for hydroxylation is 1. The minimum absolute atomic E-state index is 0.0244. The van der Waals surface area contributed by atoms with Crippen LogP contribution in [0.25, 0.3) is 21.6 Å². The fourth-order valence-corrected chi connectivity index (χ4v) is 7.16. The Morgan fingerprint density at radius 2 is 1.90 bits per heavy atom. The molecule has 1 aliphatic heterocycles. The summed E-state index contributed by atoms with van der Waals surface area (Å²) in [5.74, 6) is 0.371. The van der Waals surface area contributed by atoms with E-state index in [0.717, 1.165) is 12.8 Å². The third-order valence-corrected chi connectivity index (χ3v) is 9.60. The van der Waals surface area contributed by atoms with E-state index in [2.05, 4.69) is 35.2 Å². The Hall–Kier alpha value is -3.34. The highest BCUT2D eigenvalue weighted by molar-refractivity contribution is 7.89. The van der Waals surface area contributed by atoms with E-state index >= 15 is 0 Å². The van der Waals surface area contributed by atoms with Gasteiger partial charge in [-0.15, -0.1) is 10.2 Å². The van der Waals surface area contributed by atoms with Crippen LogP contribution in [0.1, 0.15) is 45.0 Å². The Morgan fingerprint density at radius 3 is 2.51 bits per heavy atom. The molecule has 41 heavy (non-hydrogen) atoms. The van der Waals surface area contributed by atoms with Gasteiger partial charge in [-0.05, 0) is 45.7 Å². The lowest BCUT2D eigenvalue weighted by Gasteiger charge is -2.38. The maximum Gasteiger partial charge on any atom is 0.323 e. The molecule has 1 aliphatic carbocycles. The molecular weight excluding hydrogens is 576 g/mol. The highest BCUT2D eigenvalue weighted by atomic mass is 32.2. The molecule has 0 amide bonds. The molecule has 6 rings (SSSR count). The second kappa shape index (κ2) is 10.2. The molecule has 1 saturated carbocycles. The lowest BCUT2D eigenvalue weighted by molar-refractivity contribution is 0.150. The fraction of sp³-hybridized carbons (Fsp3) is 0.480. The number of hydrogen-bond acceptors (Lipinski definition) is 11. The van der Waals surface area contributed by atoms with Gasteiger partial charge in [-0.2, -0.15) is 15.1 Å². The van der Waals surface area contributed by atoms with Crippen LogP contribution in [0, 0.1) is 0 Å². The molecule has 0 bridgehead atoms. The number of nitrogens with zero attached hydrogens (tertiary/aromatic N) is 7. The molecule has 4 heterocycles. The topological polar surface area (TPSA) is 140 Å². The van der Waals surface area contributed by atoms with Crippen LogP contribution in [0.3, 0.4) is 0 Å². The third kappa shape index (κ3) is 5.73. The fourth-order valence-electron chi connectivity index (χ4n) is 4.94. The predicted molar refractivity (Wildman–Crippen MR) is 149 cm³/mol. The molecule has 2 aliphatic rings. The van der Waals surface area contributed by atoms with Crippen molar-refractivity contribution >= 4 is 38.0 Å². The second-order valence-electron chi connectivity index (χ2n) is 10.9. The van der Waals surface area contributed by atoms with Crippen LogP contribution in [-0.2, 0) is 17.1 Å². The van der Waals surface area contributed by atoms with Crippen molar-refractivity contribution in [3.63, 3.8) is 0 Å². The van der Waals surface area contributed by atoms with Gasteiger partial charge in [-0.3, -0.25) is 4.68 Å². The highest BCUT2D eigenvalue weighted by Crippen LogP contribution is 2.40. The number of benzene rings is 1. The van der Waals surface area contributed by atoms with E-state index in [4.69, 9.17) is 9.72 Å². The molecule has 0 spiro atoms. The van der Waals surface area contributed by atoms with Crippen molar-refractivity contribution in [1.29, 1.82) is 0 Å². The normalized spacial score (nSPS) is 20.6. The number of rotatable bonds is 8. The summed E-state index contributed by atoms with van der Waals surface area (Å²) in [6.07, 6.45) is 1.79. The first-order valence-corrected chi connectivity index (χ1v) is 15.4. The number of nitrogens with one attached hydrogen (secondary N) is 2. The SMILES string of the molecule is C[C@H]1CN(c2cc(S(=O)(=O)NC3(C)CC3)cc3c(-c4nnc(C(F)F)s4)nc(Oc4cnn(C)c4)nc23)C[C@H](C)N1. The average Bonchev–Trinajstić information content (AvgIpc) is 3.25. The zero-order valence-electron chi connectivity index (χ0n) is 22.8. The number of aromatic nitrogens is 6. The summed E-state index contributed by atoms with van der Waals surface area (Å²) in [5.41, 5.74) is 0.603. The van der Waals surface area contributed by atoms with Gasteiger partial charge in [0.25, 0.3) is 6.43 Å². The Balaban J connectivity index is 1.59. The van der Waals surface area contributed by atoms with Crippen molar-refractivity contribution in [2.75, 3.05) is 18.0 Å². The van der Waals surface area contributed by atoms with Gasteiger partial charge in [0.2, 0.25) is 10.0 Å². The number of piperazine rings is 1. The molecule has 1 saturated heterocycles. The van der Waals surface area contributed by atoms with Crippen LogP contribution < -0.4 is 19.7 Å². The molecule has 2 fully saturated rings. The number of hydrogen-bond donors (Lipinski definition) is 2. The lowest BCUT2D eigenvalue weighted by atomic mass is 10.1. The van der Waals surface area contributed by atoms with Gasteiger partial charge in [0.05, 0.1) is 23.0 Å². The van der Waals surface area contributed by atoms with E-state index in [-0.39, 0.29) is 33.7 Å². The van der Waals surface area contributed by atoms with Crippen LogP contribution in [0.15, 0.2) is 29.4 Å². The molecule has 218 valence electrons. The third-order valence-electron chi connectivity index (χ3n) is 7.04. The number of ether oxygens (including phenoxy) is 1. The molecule has 4 aromatic rings. The quantitative estimate of drug-likeness (QED) is 0.306. The molecule has 12 nitrogen and oxygen atoms in total. The molecule has 3 aromatic heterocycles. The van der Waals surface area contributed by atoms with Crippen molar-refractivity contribution < 1.29 is 21.9 Å². The maximum atomic E-state index is 13.6. The van der Waals surface area contributed by atoms with Crippen molar-refractivity contribution in [3.05, 3.63) is 29.5 Å². The molecule has 2 atom stereocenters. The maximum absolute atomic E-state index is 13.6. The van der Waals surface area contributed by atoms with Crippen LogP contribution in [0.4, 0.5) is 14.5 Å². The van der Waals surface area contributed by atoms with Crippen LogP contribution >= 0.6 is 11.3 Å². The van der Waals surface area contributed by atoms with E-state index in [1.807, 2.05) is 20.8 Å². The molecule has 1 aromatic carbocycles. The van der Waals surface area contributed by atoms with Gasteiger partial charge in [0.1, 0.15) is 11.2 Å². The smallest absolute Gasteiger partial charge is 0.323 e. The van der Waals surface area contributed by atoms with Gasteiger partial charge in [-0.1, -0.05) is 11.3 Å². The molecule has 0 radical (unpaired) electrons. The van der Waals surface area contributed by atoms with E-state index in [9.17, 15) is 17.2 Å². The zero-order valence-corrected chi connectivity index (χ0v) is 24.4. The van der Waals surface area contributed by atoms with Crippen molar-refractivity contribution in [2.24, 2.45) is 7.05 Å². The Morgan fingerprint density at radius 1 is 1.17 bits per heavy atom. The highest BCUT2D eigenvalue weighted by Gasteiger charge is 2.41. The number of halogens is 2. The van der Waals surface area contributed by atoms with Gasteiger partial charge in [0.15, 0.2) is 15.8 Å². The Bertz CT molecular complexity index is 1710. The number of sulfonamides is 1. The van der Waals surface area contributed by atoms with Gasteiger partial charge < -0.3 is 15.0 Å². The van der Waals surface area contributed by atoms with Crippen LogP contribution in [0.5, 0.6) is 11.8 Å². The summed E-state index contributed by atoms with van der Waals surface area (Å²) >= 11 is 0.680. The number of alkyl halides is 2. The zero-order chi connectivity index (χ0) is 29.1. The number of fused-ring (bicyclic) bond motifs is 1. The Labute approximate surface area is 239 Å². The second-order valence-corrected chi connectivity index (χ2v) is 13.6. The number of anilines is 1. The van der Waals surface area contributed by atoms with Crippen LogP contribution in [-0.4, -0.2) is 69.1 Å². The van der Waals surface area contributed by atoms with Gasteiger partial charge >= 0.3 is 6.01 Å². The minimum atomic E-state index is -3.94. The Kier molecular flexibility index (Phi) is 6.91. The van der Waals surface area contributed by atoms with E-state index < -0.39 is 27.0 Å². The van der Waals surface area contributed by atoms with Crippen molar-refractivity contribution in [3.8, 4) is 22.5 Å². The van der Waals surface area contributed by atoms with E-state index in [1.54, 1.807) is 24.0 Å². The first-order valence-electron chi connectivity index (χ1n) is 13.1. The summed E-state index contributed by atoms with van der Waals surface area (Å²) in [6.45, 7) is 7.12. The summed E-state index contributed by atoms with van der Waals surface area (Å²) in [7, 11) is -2.21. The summed E-state index contributed by atoms with van der Waals surface area (Å²) in [6, 6.07) is 3.24. The molecule has 2 N–H and O–H groups in total. The van der Waals surface area contributed by atoms with E-state index in [1.165, 1.54) is 12.3 Å². The predicted octanol–water partition coefficient (Wildman–Crippen LogP) is 3.63. The molecular formula is C25H29F2N9O3S2. The first-order chi connectivity index (χ1) is 19.4. The monoisotopic (exact) mass is 605 g/mol. The summed E-state index contributed by atoms with van der Waals surface area (Å²) < 4.78 is 64.5. The summed E-state index contributed by atoms with van der Waals surface area (Å²) in [5, 5.41) is 15.1. The van der Waals surface area contributed by atoms with Crippen molar-refractivity contribution in [2.45, 2.75) is 62.6 Å². The van der Waals surface area contributed by atoms with Gasteiger partial charge in [0, 0.05) is 43.1 Å². The summed E-state index contributed by atoms with van der Waals surface area (Å²) in [4.78, 5) is 11.3. The standard InChI is InChI=1S/C25H29F2N9O3S2/c1-13-10-36(11-14(2)29-13)18-8-16(41(37,38)34-25(3)5-6-25)7-17-19(18)30-24(39-15-9-28-35(4)12-15)31-20(17)22-32-33-23(40-22)21(26)27/h7-9,12-14,21,29,34H,5-6,10-11H2,1-4H3/t13-,14-/m0/s1. The van der Waals surface area contributed by atoms with Crippen molar-refractivity contribution in [1.82, 2.24) is 40.0 Å². The molecule has 0 unspecified atom stereocenters. The lowest BCUT2D eigenvalue weighted by Crippen LogP contribution is -2.54. The largest absolute Gasteiger partial charge is 0.421 e. The average molecular weight is 606 g/mol.